The predicted octanol–water partition coefficient (Wildman–Crippen LogP) is 3.89. The molecule has 0 N–H and O–H groups in total. The highest BCUT2D eigenvalue weighted by atomic mass is 35.5. The number of aromatic nitrogens is 4. The average molecular weight is 432 g/mol. The minimum atomic E-state index is -0.315. The van der Waals surface area contributed by atoms with Crippen LogP contribution in [0.15, 0.2) is 78.0 Å². The molecule has 0 bridgehead atoms. The number of halogens is 1. The number of hydrogen-bond acceptors (Lipinski definition) is 4. The smallest absolute Gasteiger partial charge is 0.292 e. The molecule has 0 saturated carbocycles. The van der Waals surface area contributed by atoms with Crippen molar-refractivity contribution in [2.24, 2.45) is 0 Å². The number of para-hydroxylation sites is 1. The molecule has 0 radical (unpaired) electrons. The molecule has 0 aliphatic carbocycles. The Morgan fingerprint density at radius 3 is 2.52 bits per heavy atom. The Hall–Kier alpha value is -3.38. The summed E-state index contributed by atoms with van der Waals surface area (Å²) in [6.07, 6.45) is 5.42. The fourth-order valence-electron chi connectivity index (χ4n) is 4.06. The minimum Gasteiger partial charge on any atom is -0.362 e. The van der Waals surface area contributed by atoms with Crippen molar-refractivity contribution in [1.29, 1.82) is 0 Å². The molecule has 0 fully saturated rings. The third-order valence-electron chi connectivity index (χ3n) is 5.72. The van der Waals surface area contributed by atoms with Crippen molar-refractivity contribution < 1.29 is 0 Å². The summed E-state index contributed by atoms with van der Waals surface area (Å²) in [5, 5.41) is 4.55. The van der Waals surface area contributed by atoms with Gasteiger partial charge in [0.25, 0.3) is 5.56 Å². The third kappa shape index (κ3) is 3.86. The lowest BCUT2D eigenvalue weighted by Crippen LogP contribution is -2.34. The number of fused-ring (bicyclic) bond motifs is 1. The summed E-state index contributed by atoms with van der Waals surface area (Å²) in [5.74, 6) is 0. The molecule has 0 spiro atoms. The molecule has 0 saturated heterocycles. The summed E-state index contributed by atoms with van der Waals surface area (Å²) < 4.78 is 3.58. The number of aryl methyl sites for hydroxylation is 2. The lowest BCUT2D eigenvalue weighted by atomic mass is 10.1. The molecule has 2 aromatic carbocycles. The second-order valence-electron chi connectivity index (χ2n) is 7.63. The fraction of sp³-hybridized carbons (Fsp3) is 0.208. The monoisotopic (exact) mass is 431 g/mol. The summed E-state index contributed by atoms with van der Waals surface area (Å²) >= 11 is 6.49. The molecule has 156 valence electrons. The molecule has 6 nitrogen and oxygen atoms in total. The Balaban J connectivity index is 1.35. The van der Waals surface area contributed by atoms with Gasteiger partial charge in [-0.05, 0) is 24.1 Å². The van der Waals surface area contributed by atoms with Crippen LogP contribution in [0.3, 0.4) is 0 Å². The normalized spacial score (nSPS) is 13.3. The summed E-state index contributed by atoms with van der Waals surface area (Å²) in [5.41, 5.74) is 4.64. The van der Waals surface area contributed by atoms with Crippen molar-refractivity contribution >= 4 is 17.3 Å². The Bertz CT molecular complexity index is 1250. The van der Waals surface area contributed by atoms with Gasteiger partial charge in [-0.2, -0.15) is 9.78 Å². The van der Waals surface area contributed by atoms with Crippen molar-refractivity contribution in [2.75, 3.05) is 11.4 Å². The molecule has 1 aliphatic rings. The van der Waals surface area contributed by atoms with E-state index in [4.69, 9.17) is 11.6 Å². The van der Waals surface area contributed by atoms with E-state index in [0.29, 0.717) is 17.9 Å². The van der Waals surface area contributed by atoms with Crippen LogP contribution in [0.5, 0.6) is 0 Å². The number of anilines is 1. The Labute approximate surface area is 185 Å². The molecule has 3 heterocycles. The van der Waals surface area contributed by atoms with Crippen LogP contribution < -0.4 is 10.5 Å². The Kier molecular flexibility index (Phi) is 5.30. The number of hydrogen-bond donors (Lipinski definition) is 0. The van der Waals surface area contributed by atoms with E-state index >= 15 is 0 Å². The van der Waals surface area contributed by atoms with Gasteiger partial charge in [0, 0.05) is 25.2 Å². The summed E-state index contributed by atoms with van der Waals surface area (Å²) in [4.78, 5) is 19.5. The van der Waals surface area contributed by atoms with E-state index in [1.807, 2.05) is 42.7 Å². The van der Waals surface area contributed by atoms with Crippen molar-refractivity contribution in [3.8, 4) is 5.69 Å². The van der Waals surface area contributed by atoms with Gasteiger partial charge in [-0.1, -0.05) is 60.1 Å². The van der Waals surface area contributed by atoms with E-state index in [-0.39, 0.29) is 10.6 Å². The molecule has 5 rings (SSSR count). The maximum atomic E-state index is 12.8. The largest absolute Gasteiger partial charge is 0.362 e. The molecular weight excluding hydrogens is 410 g/mol. The van der Waals surface area contributed by atoms with Crippen LogP contribution in [-0.4, -0.2) is 25.9 Å². The van der Waals surface area contributed by atoms with Gasteiger partial charge in [0.1, 0.15) is 5.02 Å². The third-order valence-corrected chi connectivity index (χ3v) is 6.07. The first-order valence-electron chi connectivity index (χ1n) is 10.4. The molecule has 31 heavy (non-hydrogen) atoms. The topological polar surface area (TPSA) is 56.0 Å². The molecule has 7 heteroatoms. The van der Waals surface area contributed by atoms with Gasteiger partial charge < -0.3 is 9.47 Å². The van der Waals surface area contributed by atoms with Crippen LogP contribution in [0.4, 0.5) is 5.69 Å². The molecule has 0 atom stereocenters. The average Bonchev–Trinajstić information content (AvgIpc) is 3.23. The first kappa shape index (κ1) is 19.6. The first-order chi connectivity index (χ1) is 15.2. The Morgan fingerprint density at radius 2 is 1.74 bits per heavy atom. The predicted molar refractivity (Wildman–Crippen MR) is 122 cm³/mol. The Morgan fingerprint density at radius 1 is 1.00 bits per heavy atom. The van der Waals surface area contributed by atoms with E-state index in [1.165, 1.54) is 15.9 Å². The second-order valence-corrected chi connectivity index (χ2v) is 8.01. The lowest BCUT2D eigenvalue weighted by Gasteiger charge is -2.29. The van der Waals surface area contributed by atoms with Gasteiger partial charge in [-0.15, -0.1) is 0 Å². The van der Waals surface area contributed by atoms with Crippen molar-refractivity contribution in [3.63, 3.8) is 0 Å². The van der Waals surface area contributed by atoms with Gasteiger partial charge in [0.2, 0.25) is 0 Å². The molecule has 2 aromatic heterocycles. The van der Waals surface area contributed by atoms with Gasteiger partial charge in [-0.3, -0.25) is 4.79 Å². The van der Waals surface area contributed by atoms with Crippen LogP contribution in [0, 0.1) is 0 Å². The number of rotatable bonds is 5. The molecule has 0 amide bonds. The fourth-order valence-corrected chi connectivity index (χ4v) is 4.31. The number of nitrogens with zero attached hydrogens (tertiary/aromatic N) is 5. The quantitative estimate of drug-likeness (QED) is 0.481. The van der Waals surface area contributed by atoms with E-state index < -0.39 is 0 Å². The van der Waals surface area contributed by atoms with Crippen LogP contribution in [0.25, 0.3) is 5.69 Å². The highest BCUT2D eigenvalue weighted by Crippen LogP contribution is 2.27. The van der Waals surface area contributed by atoms with Crippen LogP contribution in [-0.2, 0) is 25.9 Å². The maximum Gasteiger partial charge on any atom is 0.292 e. The van der Waals surface area contributed by atoms with Crippen LogP contribution in [0.1, 0.15) is 17.0 Å². The molecule has 1 aliphatic heterocycles. The molecule has 0 unspecified atom stereocenters. The standard InChI is InChI=1S/C24H22ClN5O/c25-23-22(15-27-30(24(23)31)19-9-5-2-6-10-19)28-14-12-21-20(16-28)26-17-29(21)13-11-18-7-3-1-4-8-18/h1-10,15,17H,11-14,16H2. The summed E-state index contributed by atoms with van der Waals surface area (Å²) in [6, 6.07) is 19.8. The maximum absolute atomic E-state index is 12.8. The molecular formula is C24H22ClN5O. The van der Waals surface area contributed by atoms with E-state index in [0.717, 1.165) is 31.6 Å². The van der Waals surface area contributed by atoms with Crippen LogP contribution in [0.2, 0.25) is 5.02 Å². The number of benzene rings is 2. The van der Waals surface area contributed by atoms with E-state index in [1.54, 1.807) is 6.20 Å². The van der Waals surface area contributed by atoms with Crippen molar-refractivity contribution in [3.05, 3.63) is 106 Å². The highest BCUT2D eigenvalue weighted by Gasteiger charge is 2.24. The molecule has 4 aromatic rings. The van der Waals surface area contributed by atoms with Crippen molar-refractivity contribution in [2.45, 2.75) is 25.9 Å². The van der Waals surface area contributed by atoms with Crippen LogP contribution >= 0.6 is 11.6 Å². The van der Waals surface area contributed by atoms with Gasteiger partial charge in [-0.25, -0.2) is 4.98 Å². The zero-order valence-corrected chi connectivity index (χ0v) is 17.7. The van der Waals surface area contributed by atoms with E-state index in [2.05, 4.69) is 43.8 Å². The van der Waals surface area contributed by atoms with Gasteiger partial charge >= 0.3 is 0 Å². The van der Waals surface area contributed by atoms with Gasteiger partial charge in [0.05, 0.1) is 36.1 Å². The second kappa shape index (κ2) is 8.40. The summed E-state index contributed by atoms with van der Waals surface area (Å²) in [6.45, 7) is 2.28. The van der Waals surface area contributed by atoms with Crippen molar-refractivity contribution in [1.82, 2.24) is 19.3 Å². The lowest BCUT2D eigenvalue weighted by molar-refractivity contribution is 0.623. The highest BCUT2D eigenvalue weighted by molar-refractivity contribution is 6.33. The SMILES string of the molecule is O=c1c(Cl)c(N2CCc3c(ncn3CCc3ccccc3)C2)cnn1-c1ccccc1. The minimum absolute atomic E-state index is 0.186. The zero-order valence-electron chi connectivity index (χ0n) is 17.0. The zero-order chi connectivity index (χ0) is 21.2. The van der Waals surface area contributed by atoms with Gasteiger partial charge in [0.15, 0.2) is 0 Å². The van der Waals surface area contributed by atoms with E-state index in [9.17, 15) is 4.79 Å². The first-order valence-corrected chi connectivity index (χ1v) is 10.7. The summed E-state index contributed by atoms with van der Waals surface area (Å²) in [7, 11) is 0. The number of imidazole rings is 1.